The Bertz CT molecular complexity index is 326. The normalized spacial score (nSPS) is 26.4. The van der Waals surface area contributed by atoms with E-state index in [2.05, 4.69) is 4.98 Å². The average molecular weight is 212 g/mol. The van der Waals surface area contributed by atoms with E-state index in [9.17, 15) is 4.39 Å². The Morgan fingerprint density at radius 1 is 1.60 bits per heavy atom. The molecule has 1 fully saturated rings. The number of oxazole rings is 1. The highest BCUT2D eigenvalue weighted by molar-refractivity contribution is 5.05. The molecule has 1 aliphatic rings. The van der Waals surface area contributed by atoms with E-state index in [1.807, 2.05) is 18.9 Å². The zero-order valence-electron chi connectivity index (χ0n) is 9.24. The van der Waals surface area contributed by atoms with Crippen LogP contribution in [0.4, 0.5) is 4.39 Å². The van der Waals surface area contributed by atoms with Crippen LogP contribution in [0.15, 0.2) is 10.8 Å². The van der Waals surface area contributed by atoms with Crippen LogP contribution < -0.4 is 0 Å². The van der Waals surface area contributed by atoms with Crippen LogP contribution in [0, 0.1) is 6.92 Å². The number of nitrogens with zero attached hydrogens (tertiary/aromatic N) is 2. The zero-order valence-corrected chi connectivity index (χ0v) is 9.24. The van der Waals surface area contributed by atoms with Gasteiger partial charge in [0.05, 0.1) is 5.69 Å². The van der Waals surface area contributed by atoms with Crippen LogP contribution >= 0.6 is 0 Å². The Balaban J connectivity index is 1.97. The number of aromatic nitrogens is 1. The lowest BCUT2D eigenvalue weighted by molar-refractivity contribution is 0.151. The molecule has 2 unspecified atom stereocenters. The average Bonchev–Trinajstić information content (AvgIpc) is 2.76. The minimum atomic E-state index is -0.679. The van der Waals surface area contributed by atoms with E-state index < -0.39 is 6.17 Å². The van der Waals surface area contributed by atoms with Crippen molar-refractivity contribution >= 4 is 0 Å². The first kappa shape index (κ1) is 10.6. The number of aryl methyl sites for hydroxylation is 1. The molecule has 0 spiro atoms. The molecular formula is C11H17FN2O. The molecule has 3 nitrogen and oxygen atoms in total. The smallest absolute Gasteiger partial charge is 0.181 e. The van der Waals surface area contributed by atoms with Gasteiger partial charge in [0.1, 0.15) is 11.9 Å². The molecule has 0 N–H and O–H groups in total. The third-order valence-electron chi connectivity index (χ3n) is 3.21. The second-order valence-corrected chi connectivity index (χ2v) is 4.28. The molecule has 84 valence electrons. The molecule has 1 heterocycles. The molecule has 0 saturated heterocycles. The summed E-state index contributed by atoms with van der Waals surface area (Å²) < 4.78 is 18.6. The van der Waals surface area contributed by atoms with E-state index in [0.717, 1.165) is 24.3 Å². The minimum Gasteiger partial charge on any atom is -0.448 e. The summed E-state index contributed by atoms with van der Waals surface area (Å²) in [6, 6.07) is 0.0566. The Hall–Kier alpha value is -0.900. The first-order valence-electron chi connectivity index (χ1n) is 5.41. The molecule has 0 aliphatic heterocycles. The predicted octanol–water partition coefficient (Wildman–Crippen LogP) is 2.31. The lowest BCUT2D eigenvalue weighted by atomic mass is 10.2. The SMILES string of the molecule is Cc1ocnc1CN(C)C1CCCC1F. The number of hydrogen-bond acceptors (Lipinski definition) is 3. The maximum absolute atomic E-state index is 13.5. The van der Waals surface area contributed by atoms with Crippen LogP contribution in [0.2, 0.25) is 0 Å². The Kier molecular flexibility index (Phi) is 3.05. The lowest BCUT2D eigenvalue weighted by Gasteiger charge is -2.24. The third kappa shape index (κ3) is 2.20. The summed E-state index contributed by atoms with van der Waals surface area (Å²) >= 11 is 0. The van der Waals surface area contributed by atoms with Crippen LogP contribution in [0.3, 0.4) is 0 Å². The molecule has 0 aromatic carbocycles. The van der Waals surface area contributed by atoms with Crippen LogP contribution in [0.25, 0.3) is 0 Å². The fourth-order valence-electron chi connectivity index (χ4n) is 2.23. The van der Waals surface area contributed by atoms with Crippen molar-refractivity contribution in [3.05, 3.63) is 17.8 Å². The molecule has 1 aliphatic carbocycles. The second kappa shape index (κ2) is 4.31. The summed E-state index contributed by atoms with van der Waals surface area (Å²) in [5, 5.41) is 0. The second-order valence-electron chi connectivity index (χ2n) is 4.28. The number of alkyl halides is 1. The zero-order chi connectivity index (χ0) is 10.8. The standard InChI is InChI=1S/C11H17FN2O/c1-8-10(13-7-15-8)6-14(2)11-5-3-4-9(11)12/h7,9,11H,3-6H2,1-2H3. The maximum Gasteiger partial charge on any atom is 0.181 e. The highest BCUT2D eigenvalue weighted by Crippen LogP contribution is 2.27. The van der Waals surface area contributed by atoms with Crippen molar-refractivity contribution in [2.45, 2.75) is 44.9 Å². The first-order chi connectivity index (χ1) is 7.18. The monoisotopic (exact) mass is 212 g/mol. The van der Waals surface area contributed by atoms with Gasteiger partial charge in [-0.3, -0.25) is 4.90 Å². The molecule has 1 aromatic rings. The highest BCUT2D eigenvalue weighted by atomic mass is 19.1. The summed E-state index contributed by atoms with van der Waals surface area (Å²) in [6.07, 6.45) is 3.41. The predicted molar refractivity (Wildman–Crippen MR) is 55.2 cm³/mol. The fourth-order valence-corrected chi connectivity index (χ4v) is 2.23. The lowest BCUT2D eigenvalue weighted by Crippen LogP contribution is -2.35. The minimum absolute atomic E-state index is 0.0566. The van der Waals surface area contributed by atoms with E-state index >= 15 is 0 Å². The Labute approximate surface area is 89.3 Å². The van der Waals surface area contributed by atoms with Gasteiger partial charge >= 0.3 is 0 Å². The van der Waals surface area contributed by atoms with Gasteiger partial charge in [0.2, 0.25) is 0 Å². The molecule has 1 aromatic heterocycles. The van der Waals surface area contributed by atoms with Crippen molar-refractivity contribution in [3.8, 4) is 0 Å². The van der Waals surface area contributed by atoms with Crippen LogP contribution in [-0.2, 0) is 6.54 Å². The first-order valence-corrected chi connectivity index (χ1v) is 5.41. The Morgan fingerprint density at radius 2 is 2.40 bits per heavy atom. The molecule has 2 atom stereocenters. The van der Waals surface area contributed by atoms with E-state index in [4.69, 9.17) is 4.42 Å². The van der Waals surface area contributed by atoms with Gasteiger partial charge in [0.15, 0.2) is 6.39 Å². The topological polar surface area (TPSA) is 29.3 Å². The highest BCUT2D eigenvalue weighted by Gasteiger charge is 2.30. The van der Waals surface area contributed by atoms with E-state index in [-0.39, 0.29) is 6.04 Å². The van der Waals surface area contributed by atoms with Crippen LogP contribution in [-0.4, -0.2) is 29.1 Å². The summed E-state index contributed by atoms with van der Waals surface area (Å²) in [4.78, 5) is 6.17. The summed E-state index contributed by atoms with van der Waals surface area (Å²) in [5.41, 5.74) is 0.914. The van der Waals surface area contributed by atoms with E-state index in [1.54, 1.807) is 0 Å². The quantitative estimate of drug-likeness (QED) is 0.770. The van der Waals surface area contributed by atoms with Gasteiger partial charge in [0.25, 0.3) is 0 Å². The van der Waals surface area contributed by atoms with Gasteiger partial charge in [-0.25, -0.2) is 9.37 Å². The van der Waals surface area contributed by atoms with Crippen LogP contribution in [0.1, 0.15) is 30.7 Å². The van der Waals surface area contributed by atoms with Crippen molar-refractivity contribution in [1.29, 1.82) is 0 Å². The van der Waals surface area contributed by atoms with Gasteiger partial charge in [0, 0.05) is 12.6 Å². The molecule has 2 rings (SSSR count). The number of hydrogen-bond donors (Lipinski definition) is 0. The van der Waals surface area contributed by atoms with Crippen molar-refractivity contribution in [1.82, 2.24) is 9.88 Å². The van der Waals surface area contributed by atoms with Gasteiger partial charge in [-0.1, -0.05) is 0 Å². The van der Waals surface area contributed by atoms with Crippen LogP contribution in [0.5, 0.6) is 0 Å². The third-order valence-corrected chi connectivity index (χ3v) is 3.21. The summed E-state index contributed by atoms with van der Waals surface area (Å²) in [6.45, 7) is 2.56. The van der Waals surface area contributed by atoms with Gasteiger partial charge in [-0.15, -0.1) is 0 Å². The maximum atomic E-state index is 13.5. The van der Waals surface area contributed by atoms with Crippen molar-refractivity contribution in [3.63, 3.8) is 0 Å². The van der Waals surface area contributed by atoms with E-state index in [0.29, 0.717) is 13.0 Å². The molecule has 0 amide bonds. The summed E-state index contributed by atoms with van der Waals surface area (Å²) in [7, 11) is 1.96. The van der Waals surface area contributed by atoms with Gasteiger partial charge in [-0.2, -0.15) is 0 Å². The molecular weight excluding hydrogens is 195 g/mol. The van der Waals surface area contributed by atoms with Gasteiger partial charge in [-0.05, 0) is 33.2 Å². The van der Waals surface area contributed by atoms with Crippen molar-refractivity contribution in [2.24, 2.45) is 0 Å². The van der Waals surface area contributed by atoms with Crippen molar-refractivity contribution in [2.75, 3.05) is 7.05 Å². The molecule has 15 heavy (non-hydrogen) atoms. The molecule has 4 heteroatoms. The molecule has 1 saturated carbocycles. The van der Waals surface area contributed by atoms with Crippen molar-refractivity contribution < 1.29 is 8.81 Å². The van der Waals surface area contributed by atoms with Gasteiger partial charge < -0.3 is 4.42 Å². The molecule has 0 bridgehead atoms. The Morgan fingerprint density at radius 3 is 2.93 bits per heavy atom. The fraction of sp³-hybridized carbons (Fsp3) is 0.727. The number of halogens is 1. The largest absolute Gasteiger partial charge is 0.448 e. The number of rotatable bonds is 3. The van der Waals surface area contributed by atoms with E-state index in [1.165, 1.54) is 6.39 Å². The summed E-state index contributed by atoms with van der Waals surface area (Å²) in [5.74, 6) is 0.829. The molecule has 0 radical (unpaired) electrons.